The molecule has 1 saturated heterocycles. The van der Waals surface area contributed by atoms with Gasteiger partial charge in [-0.15, -0.1) is 0 Å². The van der Waals surface area contributed by atoms with Crippen LogP contribution in [0, 0.1) is 5.82 Å². The molecule has 0 aliphatic carbocycles. The third-order valence-corrected chi connectivity index (χ3v) is 3.62. The average molecular weight is 301 g/mol. The zero-order chi connectivity index (χ0) is 15.1. The van der Waals surface area contributed by atoms with Crippen LogP contribution in [-0.2, 0) is 5.41 Å². The van der Waals surface area contributed by atoms with Crippen LogP contribution in [0.25, 0.3) is 11.4 Å². The number of hydrogen-bond donors (Lipinski definition) is 1. The molecule has 21 heavy (non-hydrogen) atoms. The second-order valence-electron chi connectivity index (χ2n) is 4.94. The Morgan fingerprint density at radius 1 is 1.29 bits per heavy atom. The van der Waals surface area contributed by atoms with E-state index in [1.807, 2.05) is 0 Å². The molecule has 4 nitrogen and oxygen atoms in total. The van der Waals surface area contributed by atoms with Gasteiger partial charge in [0.2, 0.25) is 11.7 Å². The number of hydrogen-bond acceptors (Lipinski definition) is 4. The van der Waals surface area contributed by atoms with Gasteiger partial charge in [-0.05, 0) is 25.1 Å². The maximum Gasteiger partial charge on any atom is 0.404 e. The highest BCUT2D eigenvalue weighted by molar-refractivity contribution is 5.54. The summed E-state index contributed by atoms with van der Waals surface area (Å²) in [6, 6.07) is 5.30. The van der Waals surface area contributed by atoms with Crippen LogP contribution in [0.15, 0.2) is 28.8 Å². The quantitative estimate of drug-likeness (QED) is 0.867. The maximum absolute atomic E-state index is 13.3. The van der Waals surface area contributed by atoms with Gasteiger partial charge in [0, 0.05) is 12.1 Å². The Bertz CT molecular complexity index is 647. The Morgan fingerprint density at radius 2 is 2.10 bits per heavy atom. The molecule has 112 valence electrons. The summed E-state index contributed by atoms with van der Waals surface area (Å²) in [6.07, 6.45) is -4.66. The summed E-state index contributed by atoms with van der Waals surface area (Å²) >= 11 is 0. The van der Waals surface area contributed by atoms with E-state index in [-0.39, 0.29) is 30.9 Å². The second kappa shape index (κ2) is 4.80. The van der Waals surface area contributed by atoms with Crippen LogP contribution in [0.1, 0.15) is 12.3 Å². The molecule has 0 amide bonds. The molecule has 0 unspecified atom stereocenters. The van der Waals surface area contributed by atoms with Crippen molar-refractivity contribution in [3.05, 3.63) is 36.0 Å². The summed E-state index contributed by atoms with van der Waals surface area (Å²) in [5.74, 6) is -1.06. The largest absolute Gasteiger partial charge is 0.404 e. The molecule has 2 aromatic rings. The van der Waals surface area contributed by atoms with Crippen LogP contribution in [0.5, 0.6) is 0 Å². The van der Waals surface area contributed by atoms with Gasteiger partial charge >= 0.3 is 6.18 Å². The van der Waals surface area contributed by atoms with E-state index in [1.54, 1.807) is 0 Å². The van der Waals surface area contributed by atoms with Crippen LogP contribution >= 0.6 is 0 Å². The monoisotopic (exact) mass is 301 g/mol. The minimum absolute atomic E-state index is 0.0555. The van der Waals surface area contributed by atoms with Crippen molar-refractivity contribution in [2.45, 2.75) is 18.0 Å². The molecule has 2 heterocycles. The first-order chi connectivity index (χ1) is 9.92. The highest BCUT2D eigenvalue weighted by atomic mass is 19.4. The lowest BCUT2D eigenvalue weighted by Crippen LogP contribution is -2.44. The fraction of sp³-hybridized carbons (Fsp3) is 0.385. The first-order valence-electron chi connectivity index (χ1n) is 6.30. The zero-order valence-corrected chi connectivity index (χ0v) is 10.7. The topological polar surface area (TPSA) is 51.0 Å². The molecule has 0 spiro atoms. The lowest BCUT2D eigenvalue weighted by molar-refractivity contribution is -0.191. The number of aromatic nitrogens is 2. The van der Waals surface area contributed by atoms with Crippen molar-refractivity contribution in [3.8, 4) is 11.4 Å². The molecule has 0 radical (unpaired) electrons. The normalized spacial score (nSPS) is 22.7. The van der Waals surface area contributed by atoms with Crippen molar-refractivity contribution < 1.29 is 22.1 Å². The predicted octanol–water partition coefficient (Wildman–Crippen LogP) is 2.67. The summed E-state index contributed by atoms with van der Waals surface area (Å²) < 4.78 is 58.0. The van der Waals surface area contributed by atoms with Crippen molar-refractivity contribution in [1.82, 2.24) is 15.5 Å². The number of nitrogens with zero attached hydrogens (tertiary/aromatic N) is 2. The first-order valence-corrected chi connectivity index (χ1v) is 6.30. The van der Waals surface area contributed by atoms with Crippen LogP contribution in [0.3, 0.4) is 0 Å². The molecule has 1 fully saturated rings. The Hall–Kier alpha value is -1.96. The zero-order valence-electron chi connectivity index (χ0n) is 10.7. The third-order valence-electron chi connectivity index (χ3n) is 3.62. The maximum atomic E-state index is 13.3. The summed E-state index contributed by atoms with van der Waals surface area (Å²) in [5, 5.41) is 6.22. The van der Waals surface area contributed by atoms with Gasteiger partial charge in [0.25, 0.3) is 0 Å². The molecule has 1 atom stereocenters. The fourth-order valence-corrected chi connectivity index (χ4v) is 2.40. The van der Waals surface area contributed by atoms with E-state index < -0.39 is 23.3 Å². The SMILES string of the molecule is Fc1cccc(-c2noc([C@]3(C(F)(F)F)CCNC3)n2)c1. The Labute approximate surface area is 117 Å². The van der Waals surface area contributed by atoms with E-state index in [0.29, 0.717) is 0 Å². The molecule has 0 bridgehead atoms. The fourth-order valence-electron chi connectivity index (χ4n) is 2.40. The lowest BCUT2D eigenvalue weighted by Gasteiger charge is -2.26. The van der Waals surface area contributed by atoms with Crippen LogP contribution in [-0.4, -0.2) is 29.4 Å². The van der Waals surface area contributed by atoms with E-state index in [4.69, 9.17) is 4.52 Å². The van der Waals surface area contributed by atoms with E-state index >= 15 is 0 Å². The van der Waals surface area contributed by atoms with Crippen molar-refractivity contribution in [3.63, 3.8) is 0 Å². The molecule has 1 N–H and O–H groups in total. The second-order valence-corrected chi connectivity index (χ2v) is 4.94. The van der Waals surface area contributed by atoms with Crippen molar-refractivity contribution in [1.29, 1.82) is 0 Å². The van der Waals surface area contributed by atoms with Gasteiger partial charge < -0.3 is 9.84 Å². The van der Waals surface area contributed by atoms with Gasteiger partial charge in [-0.25, -0.2) is 4.39 Å². The smallest absolute Gasteiger partial charge is 0.338 e. The molecule has 8 heteroatoms. The number of halogens is 4. The van der Waals surface area contributed by atoms with Gasteiger partial charge in [-0.1, -0.05) is 17.3 Å². The summed E-state index contributed by atoms with van der Waals surface area (Å²) in [6.45, 7) is -0.0848. The minimum atomic E-state index is -4.50. The minimum Gasteiger partial charge on any atom is -0.338 e. The Balaban J connectivity index is 2.01. The molecule has 1 aromatic carbocycles. The molecular formula is C13H11F4N3O. The van der Waals surface area contributed by atoms with E-state index in [1.165, 1.54) is 18.2 Å². The Morgan fingerprint density at radius 3 is 2.71 bits per heavy atom. The number of benzene rings is 1. The average Bonchev–Trinajstić information content (AvgIpc) is 3.08. The highest BCUT2D eigenvalue weighted by Gasteiger charge is 2.61. The first kappa shape index (κ1) is 14.0. The highest BCUT2D eigenvalue weighted by Crippen LogP contribution is 2.45. The van der Waals surface area contributed by atoms with E-state index in [9.17, 15) is 17.6 Å². The summed E-state index contributed by atoms with van der Waals surface area (Å²) in [4.78, 5) is 3.84. The van der Waals surface area contributed by atoms with Crippen molar-refractivity contribution in [2.75, 3.05) is 13.1 Å². The number of nitrogens with one attached hydrogen (secondary N) is 1. The Kier molecular flexibility index (Phi) is 3.20. The van der Waals surface area contributed by atoms with Gasteiger partial charge in [-0.3, -0.25) is 0 Å². The molecule has 1 aliphatic heterocycles. The van der Waals surface area contributed by atoms with E-state index in [2.05, 4.69) is 15.5 Å². The molecule has 3 rings (SSSR count). The predicted molar refractivity (Wildman–Crippen MR) is 64.9 cm³/mol. The van der Waals surface area contributed by atoms with Gasteiger partial charge in [-0.2, -0.15) is 18.2 Å². The van der Waals surface area contributed by atoms with Crippen LogP contribution < -0.4 is 5.32 Å². The van der Waals surface area contributed by atoms with Crippen LogP contribution in [0.4, 0.5) is 17.6 Å². The molecular weight excluding hydrogens is 290 g/mol. The van der Waals surface area contributed by atoms with Gasteiger partial charge in [0.15, 0.2) is 5.41 Å². The summed E-state index contributed by atoms with van der Waals surface area (Å²) in [5.41, 5.74) is -1.90. The van der Waals surface area contributed by atoms with Crippen LogP contribution in [0.2, 0.25) is 0 Å². The van der Waals surface area contributed by atoms with Gasteiger partial charge in [0.1, 0.15) is 5.82 Å². The number of rotatable bonds is 2. The molecule has 1 aromatic heterocycles. The standard InChI is InChI=1S/C13H11F4N3O/c14-9-3-1-2-8(6-9)10-19-11(21-20-10)12(13(15,16)17)4-5-18-7-12/h1-3,6,18H,4-5,7H2/t12-/m0/s1. The van der Waals surface area contributed by atoms with Crippen molar-refractivity contribution in [2.24, 2.45) is 0 Å². The molecule has 1 aliphatic rings. The van der Waals surface area contributed by atoms with E-state index in [0.717, 1.165) is 6.07 Å². The van der Waals surface area contributed by atoms with Crippen molar-refractivity contribution >= 4 is 0 Å². The molecule has 0 saturated carbocycles. The summed E-state index contributed by atoms with van der Waals surface area (Å²) in [7, 11) is 0. The van der Waals surface area contributed by atoms with Gasteiger partial charge in [0.05, 0.1) is 0 Å². The number of alkyl halides is 3. The lowest BCUT2D eigenvalue weighted by atomic mass is 9.86. The third kappa shape index (κ3) is 2.29.